The summed E-state index contributed by atoms with van der Waals surface area (Å²) in [6.07, 6.45) is 6.78. The van der Waals surface area contributed by atoms with Gasteiger partial charge in [0, 0.05) is 6.42 Å². The summed E-state index contributed by atoms with van der Waals surface area (Å²) in [5.74, 6) is 0.783. The molecular formula is C11H23NO. The molecule has 0 aliphatic rings. The van der Waals surface area contributed by atoms with E-state index in [1.165, 1.54) is 25.7 Å². The summed E-state index contributed by atoms with van der Waals surface area (Å²) >= 11 is 0. The summed E-state index contributed by atoms with van der Waals surface area (Å²) in [7, 11) is 0. The van der Waals surface area contributed by atoms with E-state index in [1.54, 1.807) is 0 Å². The van der Waals surface area contributed by atoms with Crippen LogP contribution < -0.4 is 5.73 Å². The molecule has 2 nitrogen and oxygen atoms in total. The number of ketones is 1. The summed E-state index contributed by atoms with van der Waals surface area (Å²) in [6, 6.07) is 0. The quantitative estimate of drug-likeness (QED) is 0.590. The second-order valence-corrected chi connectivity index (χ2v) is 3.72. The van der Waals surface area contributed by atoms with Crippen molar-refractivity contribution >= 4 is 5.78 Å². The largest absolute Gasteiger partial charge is 0.324 e. The first kappa shape index (κ1) is 12.6. The van der Waals surface area contributed by atoms with E-state index < -0.39 is 0 Å². The molecule has 1 atom stereocenters. The fourth-order valence-electron chi connectivity index (χ4n) is 1.54. The average Bonchev–Trinajstić information content (AvgIpc) is 2.16. The second kappa shape index (κ2) is 8.24. The van der Waals surface area contributed by atoms with Gasteiger partial charge in [-0.15, -0.1) is 0 Å². The Balaban J connectivity index is 3.56. The Morgan fingerprint density at radius 1 is 1.31 bits per heavy atom. The molecule has 0 fully saturated rings. The lowest BCUT2D eigenvalue weighted by Crippen LogP contribution is -2.17. The van der Waals surface area contributed by atoms with Gasteiger partial charge in [-0.05, 0) is 5.92 Å². The molecular weight excluding hydrogens is 162 g/mol. The summed E-state index contributed by atoms with van der Waals surface area (Å²) in [5, 5.41) is 0. The lowest BCUT2D eigenvalue weighted by Gasteiger charge is -2.12. The minimum Gasteiger partial charge on any atom is -0.324 e. The molecule has 2 heteroatoms. The summed E-state index contributed by atoms with van der Waals surface area (Å²) < 4.78 is 0. The van der Waals surface area contributed by atoms with E-state index in [1.807, 2.05) is 0 Å². The van der Waals surface area contributed by atoms with Crippen molar-refractivity contribution < 1.29 is 4.79 Å². The van der Waals surface area contributed by atoms with Crippen LogP contribution in [0.4, 0.5) is 0 Å². The van der Waals surface area contributed by atoms with Crippen LogP contribution in [0.25, 0.3) is 0 Å². The van der Waals surface area contributed by atoms with Crippen LogP contribution in [0.1, 0.15) is 52.4 Å². The molecule has 0 spiro atoms. The number of rotatable bonds is 8. The van der Waals surface area contributed by atoms with Gasteiger partial charge in [-0.3, -0.25) is 4.79 Å². The van der Waals surface area contributed by atoms with Crippen LogP contribution in [0.15, 0.2) is 0 Å². The van der Waals surface area contributed by atoms with Gasteiger partial charge in [0.1, 0.15) is 5.78 Å². The van der Waals surface area contributed by atoms with E-state index in [4.69, 9.17) is 5.73 Å². The van der Waals surface area contributed by atoms with Gasteiger partial charge in [-0.2, -0.15) is 0 Å². The Morgan fingerprint density at radius 3 is 2.46 bits per heavy atom. The highest BCUT2D eigenvalue weighted by molar-refractivity contribution is 5.80. The zero-order chi connectivity index (χ0) is 10.1. The van der Waals surface area contributed by atoms with E-state index in [9.17, 15) is 4.79 Å². The highest BCUT2D eigenvalue weighted by atomic mass is 16.1. The minimum atomic E-state index is 0.211. The molecule has 0 aromatic rings. The molecule has 0 aliphatic carbocycles. The number of carbonyl (C=O) groups excluding carboxylic acids is 1. The molecule has 0 rings (SSSR count). The molecule has 13 heavy (non-hydrogen) atoms. The molecule has 0 amide bonds. The Bertz CT molecular complexity index is 134. The van der Waals surface area contributed by atoms with Crippen molar-refractivity contribution in [1.29, 1.82) is 0 Å². The fourth-order valence-corrected chi connectivity index (χ4v) is 1.54. The van der Waals surface area contributed by atoms with E-state index in [-0.39, 0.29) is 12.3 Å². The Morgan fingerprint density at radius 2 is 2.00 bits per heavy atom. The van der Waals surface area contributed by atoms with E-state index in [0.717, 1.165) is 6.42 Å². The Kier molecular flexibility index (Phi) is 8.00. The first-order chi connectivity index (χ1) is 6.24. The molecule has 0 aromatic heterocycles. The highest BCUT2D eigenvalue weighted by Gasteiger charge is 2.09. The third-order valence-corrected chi connectivity index (χ3v) is 2.54. The predicted octanol–water partition coefficient (Wildman–Crippen LogP) is 2.51. The number of nitrogens with two attached hydrogens (primary N) is 1. The molecule has 1 unspecified atom stereocenters. The molecule has 0 radical (unpaired) electrons. The fraction of sp³-hybridized carbons (Fsp3) is 0.909. The summed E-state index contributed by atoms with van der Waals surface area (Å²) in [5.41, 5.74) is 5.28. The first-order valence-electron chi connectivity index (χ1n) is 5.46. The maximum absolute atomic E-state index is 11.1. The Labute approximate surface area is 81.9 Å². The van der Waals surface area contributed by atoms with E-state index >= 15 is 0 Å². The Hall–Kier alpha value is -0.370. The third kappa shape index (κ3) is 6.76. The monoisotopic (exact) mass is 185 g/mol. The lowest BCUT2D eigenvalue weighted by molar-refractivity contribution is -0.118. The van der Waals surface area contributed by atoms with Crippen LogP contribution in [0.2, 0.25) is 0 Å². The maximum atomic E-state index is 11.1. The van der Waals surface area contributed by atoms with Crippen molar-refractivity contribution in [2.24, 2.45) is 11.7 Å². The number of carbonyl (C=O) groups is 1. The molecule has 0 aromatic carbocycles. The SMILES string of the molecule is CCCCCC(CC)CC(=O)CN. The summed E-state index contributed by atoms with van der Waals surface area (Å²) in [6.45, 7) is 4.57. The van der Waals surface area contributed by atoms with Crippen LogP contribution in [-0.2, 0) is 4.79 Å². The highest BCUT2D eigenvalue weighted by Crippen LogP contribution is 2.17. The van der Waals surface area contributed by atoms with Crippen molar-refractivity contribution in [3.63, 3.8) is 0 Å². The van der Waals surface area contributed by atoms with Gasteiger partial charge in [-0.1, -0.05) is 46.0 Å². The lowest BCUT2D eigenvalue weighted by atomic mass is 9.93. The topological polar surface area (TPSA) is 43.1 Å². The number of hydrogen-bond acceptors (Lipinski definition) is 2. The smallest absolute Gasteiger partial charge is 0.146 e. The van der Waals surface area contributed by atoms with Crippen LogP contribution in [0, 0.1) is 5.92 Å². The number of unbranched alkanes of at least 4 members (excludes halogenated alkanes) is 2. The van der Waals surface area contributed by atoms with Crippen molar-refractivity contribution in [1.82, 2.24) is 0 Å². The van der Waals surface area contributed by atoms with Gasteiger partial charge in [0.2, 0.25) is 0 Å². The van der Waals surface area contributed by atoms with Crippen LogP contribution in [-0.4, -0.2) is 12.3 Å². The van der Waals surface area contributed by atoms with Gasteiger partial charge < -0.3 is 5.73 Å². The average molecular weight is 185 g/mol. The molecule has 78 valence electrons. The van der Waals surface area contributed by atoms with Gasteiger partial charge in [0.15, 0.2) is 0 Å². The van der Waals surface area contributed by atoms with Crippen LogP contribution >= 0.6 is 0 Å². The molecule has 0 saturated heterocycles. The zero-order valence-electron chi connectivity index (χ0n) is 9.01. The minimum absolute atomic E-state index is 0.211. The van der Waals surface area contributed by atoms with Gasteiger partial charge in [-0.25, -0.2) is 0 Å². The van der Waals surface area contributed by atoms with Crippen molar-refractivity contribution in [3.05, 3.63) is 0 Å². The van der Waals surface area contributed by atoms with Crippen molar-refractivity contribution in [2.75, 3.05) is 6.54 Å². The third-order valence-electron chi connectivity index (χ3n) is 2.54. The normalized spacial score (nSPS) is 12.8. The number of hydrogen-bond donors (Lipinski definition) is 1. The molecule has 0 bridgehead atoms. The number of Topliss-reactive ketones (excluding diaryl/α,β-unsaturated/α-hetero) is 1. The van der Waals surface area contributed by atoms with Gasteiger partial charge in [0.05, 0.1) is 6.54 Å². The zero-order valence-corrected chi connectivity index (χ0v) is 9.01. The van der Waals surface area contributed by atoms with Crippen LogP contribution in [0.5, 0.6) is 0 Å². The van der Waals surface area contributed by atoms with Crippen LogP contribution in [0.3, 0.4) is 0 Å². The molecule has 0 saturated carbocycles. The molecule has 0 heterocycles. The molecule has 0 aliphatic heterocycles. The van der Waals surface area contributed by atoms with Gasteiger partial charge in [0.25, 0.3) is 0 Å². The second-order valence-electron chi connectivity index (χ2n) is 3.72. The standard InChI is InChI=1S/C11H23NO/c1-3-5-6-7-10(4-2)8-11(13)9-12/h10H,3-9,12H2,1-2H3. The maximum Gasteiger partial charge on any atom is 0.146 e. The van der Waals surface area contributed by atoms with Crippen molar-refractivity contribution in [3.8, 4) is 0 Å². The van der Waals surface area contributed by atoms with E-state index in [2.05, 4.69) is 13.8 Å². The van der Waals surface area contributed by atoms with Crippen molar-refractivity contribution in [2.45, 2.75) is 52.4 Å². The van der Waals surface area contributed by atoms with E-state index in [0.29, 0.717) is 12.3 Å². The predicted molar refractivity (Wildman–Crippen MR) is 56.6 cm³/mol. The first-order valence-corrected chi connectivity index (χ1v) is 5.46. The molecule has 2 N–H and O–H groups in total. The van der Waals surface area contributed by atoms with Gasteiger partial charge >= 0.3 is 0 Å². The summed E-state index contributed by atoms with van der Waals surface area (Å²) in [4.78, 5) is 11.1.